The lowest BCUT2D eigenvalue weighted by molar-refractivity contribution is 0.0467. The van der Waals surface area contributed by atoms with Gasteiger partial charge < -0.3 is 14.6 Å². The number of hydrogen-bond donors (Lipinski definition) is 1. The van der Waals surface area contributed by atoms with E-state index in [2.05, 4.69) is 0 Å². The topological polar surface area (TPSA) is 76.1 Å². The molecule has 1 atom stereocenters. The standard InChI is InChI=1S/C14H16O5/c1-2-4-9-5-3-6-11(12(9)13(15)16)14(17)19-8-10-7-18-10/h3,5-6,10H,2,4,7-8H2,1H3,(H,15,16). The van der Waals surface area contributed by atoms with E-state index in [0.29, 0.717) is 18.6 Å². The fourth-order valence-corrected chi connectivity index (χ4v) is 1.91. The highest BCUT2D eigenvalue weighted by atomic mass is 16.6. The first-order valence-corrected chi connectivity index (χ1v) is 6.27. The van der Waals surface area contributed by atoms with Gasteiger partial charge in [0.15, 0.2) is 0 Å². The van der Waals surface area contributed by atoms with Crippen molar-refractivity contribution in [1.29, 1.82) is 0 Å². The first-order valence-electron chi connectivity index (χ1n) is 6.27. The molecule has 5 heteroatoms. The largest absolute Gasteiger partial charge is 0.478 e. The molecule has 19 heavy (non-hydrogen) atoms. The molecule has 1 aliphatic rings. The molecule has 0 aromatic heterocycles. The Bertz CT molecular complexity index is 491. The highest BCUT2D eigenvalue weighted by molar-refractivity contribution is 6.03. The zero-order chi connectivity index (χ0) is 13.8. The molecule has 1 unspecified atom stereocenters. The Morgan fingerprint density at radius 3 is 2.79 bits per heavy atom. The molecule has 102 valence electrons. The van der Waals surface area contributed by atoms with Crippen LogP contribution in [0.4, 0.5) is 0 Å². The molecular formula is C14H16O5. The van der Waals surface area contributed by atoms with Gasteiger partial charge in [0.25, 0.3) is 0 Å². The lowest BCUT2D eigenvalue weighted by Crippen LogP contribution is -2.16. The van der Waals surface area contributed by atoms with Crippen LogP contribution >= 0.6 is 0 Å². The summed E-state index contributed by atoms with van der Waals surface area (Å²) in [4.78, 5) is 23.3. The van der Waals surface area contributed by atoms with Crippen molar-refractivity contribution in [2.75, 3.05) is 13.2 Å². The SMILES string of the molecule is CCCc1cccc(C(=O)OCC2CO2)c1C(=O)O. The molecule has 1 N–H and O–H groups in total. The van der Waals surface area contributed by atoms with Gasteiger partial charge >= 0.3 is 11.9 Å². The number of esters is 1. The Labute approximate surface area is 111 Å². The molecular weight excluding hydrogens is 248 g/mol. The number of aromatic carboxylic acids is 1. The number of carbonyl (C=O) groups excluding carboxylic acids is 1. The second kappa shape index (κ2) is 5.84. The van der Waals surface area contributed by atoms with Gasteiger partial charge in [-0.15, -0.1) is 0 Å². The van der Waals surface area contributed by atoms with Gasteiger partial charge in [-0.2, -0.15) is 0 Å². The summed E-state index contributed by atoms with van der Waals surface area (Å²) in [5.74, 6) is -1.70. The van der Waals surface area contributed by atoms with Crippen LogP contribution in [-0.4, -0.2) is 36.4 Å². The molecule has 0 saturated carbocycles. The molecule has 0 bridgehead atoms. The fourth-order valence-electron chi connectivity index (χ4n) is 1.91. The van der Waals surface area contributed by atoms with Gasteiger partial charge in [-0.1, -0.05) is 25.5 Å². The molecule has 0 spiro atoms. The third-order valence-corrected chi connectivity index (χ3v) is 2.91. The summed E-state index contributed by atoms with van der Waals surface area (Å²) in [6, 6.07) is 4.90. The minimum atomic E-state index is -1.10. The normalized spacial score (nSPS) is 17.0. The minimum Gasteiger partial charge on any atom is -0.478 e. The Kier molecular flexibility index (Phi) is 4.16. The number of rotatable bonds is 6. The maximum Gasteiger partial charge on any atom is 0.339 e. The van der Waals surface area contributed by atoms with E-state index in [1.165, 1.54) is 6.07 Å². The molecule has 1 aromatic rings. The van der Waals surface area contributed by atoms with E-state index in [0.717, 1.165) is 6.42 Å². The second-order valence-electron chi connectivity index (χ2n) is 4.45. The van der Waals surface area contributed by atoms with Crippen LogP contribution in [0.1, 0.15) is 39.6 Å². The van der Waals surface area contributed by atoms with Crippen molar-refractivity contribution in [1.82, 2.24) is 0 Å². The number of aryl methyl sites for hydroxylation is 1. The monoisotopic (exact) mass is 264 g/mol. The van der Waals surface area contributed by atoms with Crippen LogP contribution in [0.5, 0.6) is 0 Å². The molecule has 1 aromatic carbocycles. The molecule has 0 aliphatic carbocycles. The Morgan fingerprint density at radius 2 is 2.21 bits per heavy atom. The van der Waals surface area contributed by atoms with E-state index >= 15 is 0 Å². The van der Waals surface area contributed by atoms with Crippen LogP contribution in [-0.2, 0) is 15.9 Å². The first-order chi connectivity index (χ1) is 9.13. The first kappa shape index (κ1) is 13.5. The van der Waals surface area contributed by atoms with Gasteiger partial charge in [-0.05, 0) is 18.1 Å². The van der Waals surface area contributed by atoms with Crippen molar-refractivity contribution in [3.05, 3.63) is 34.9 Å². The Hall–Kier alpha value is -1.88. The maximum atomic E-state index is 11.9. The number of benzene rings is 1. The van der Waals surface area contributed by atoms with Crippen LogP contribution in [0.2, 0.25) is 0 Å². The van der Waals surface area contributed by atoms with Crippen LogP contribution in [0, 0.1) is 0 Å². The van der Waals surface area contributed by atoms with Crippen LogP contribution < -0.4 is 0 Å². The van der Waals surface area contributed by atoms with Gasteiger partial charge in [0, 0.05) is 0 Å². The van der Waals surface area contributed by atoms with Crippen molar-refractivity contribution in [3.63, 3.8) is 0 Å². The van der Waals surface area contributed by atoms with Crippen molar-refractivity contribution in [3.8, 4) is 0 Å². The summed E-state index contributed by atoms with van der Waals surface area (Å²) in [6.07, 6.45) is 1.40. The van der Waals surface area contributed by atoms with E-state index in [4.69, 9.17) is 9.47 Å². The van der Waals surface area contributed by atoms with Gasteiger partial charge in [-0.3, -0.25) is 0 Å². The average Bonchev–Trinajstić information content (AvgIpc) is 3.19. The summed E-state index contributed by atoms with van der Waals surface area (Å²) in [5.41, 5.74) is 0.817. The number of hydrogen-bond acceptors (Lipinski definition) is 4. The predicted octanol–water partition coefficient (Wildman–Crippen LogP) is 1.89. The summed E-state index contributed by atoms with van der Waals surface area (Å²) in [7, 11) is 0. The lowest BCUT2D eigenvalue weighted by atomic mass is 9.98. The molecule has 0 radical (unpaired) electrons. The number of carboxylic acid groups (broad SMARTS) is 1. The lowest BCUT2D eigenvalue weighted by Gasteiger charge is -2.10. The highest BCUT2D eigenvalue weighted by Gasteiger charge is 2.26. The van der Waals surface area contributed by atoms with Crippen LogP contribution in [0.3, 0.4) is 0 Å². The number of ether oxygens (including phenoxy) is 2. The molecule has 1 heterocycles. The number of carboxylic acids is 1. The van der Waals surface area contributed by atoms with E-state index in [1.54, 1.807) is 12.1 Å². The third-order valence-electron chi connectivity index (χ3n) is 2.91. The van der Waals surface area contributed by atoms with Crippen molar-refractivity contribution >= 4 is 11.9 Å². The smallest absolute Gasteiger partial charge is 0.339 e. The van der Waals surface area contributed by atoms with Gasteiger partial charge in [0.1, 0.15) is 12.7 Å². The molecule has 1 aliphatic heterocycles. The van der Waals surface area contributed by atoms with Gasteiger partial charge in [0.05, 0.1) is 17.7 Å². The molecule has 1 saturated heterocycles. The van der Waals surface area contributed by atoms with Crippen LogP contribution in [0.15, 0.2) is 18.2 Å². The third kappa shape index (κ3) is 3.32. The van der Waals surface area contributed by atoms with Crippen LogP contribution in [0.25, 0.3) is 0 Å². The van der Waals surface area contributed by atoms with E-state index in [9.17, 15) is 14.7 Å². The van der Waals surface area contributed by atoms with Gasteiger partial charge in [0.2, 0.25) is 0 Å². The molecule has 2 rings (SSSR count). The van der Waals surface area contributed by atoms with Crippen molar-refractivity contribution < 1.29 is 24.2 Å². The number of carbonyl (C=O) groups is 2. The average molecular weight is 264 g/mol. The minimum absolute atomic E-state index is 0.0314. The summed E-state index contributed by atoms with van der Waals surface area (Å²) in [6.45, 7) is 2.73. The quantitative estimate of drug-likeness (QED) is 0.627. The van der Waals surface area contributed by atoms with Gasteiger partial charge in [-0.25, -0.2) is 9.59 Å². The fraction of sp³-hybridized carbons (Fsp3) is 0.429. The zero-order valence-corrected chi connectivity index (χ0v) is 10.7. The van der Waals surface area contributed by atoms with Crippen molar-refractivity contribution in [2.24, 2.45) is 0 Å². The van der Waals surface area contributed by atoms with E-state index in [1.807, 2.05) is 6.92 Å². The Morgan fingerprint density at radius 1 is 1.47 bits per heavy atom. The second-order valence-corrected chi connectivity index (χ2v) is 4.45. The predicted molar refractivity (Wildman–Crippen MR) is 67.4 cm³/mol. The van der Waals surface area contributed by atoms with Crippen molar-refractivity contribution in [2.45, 2.75) is 25.9 Å². The molecule has 1 fully saturated rings. The number of epoxide rings is 1. The summed E-state index contributed by atoms with van der Waals surface area (Å²) < 4.78 is 9.99. The summed E-state index contributed by atoms with van der Waals surface area (Å²) >= 11 is 0. The van der Waals surface area contributed by atoms with E-state index in [-0.39, 0.29) is 23.8 Å². The Balaban J connectivity index is 2.23. The van der Waals surface area contributed by atoms with E-state index < -0.39 is 11.9 Å². The zero-order valence-electron chi connectivity index (χ0n) is 10.7. The highest BCUT2D eigenvalue weighted by Crippen LogP contribution is 2.19. The molecule has 5 nitrogen and oxygen atoms in total. The maximum absolute atomic E-state index is 11.9. The molecule has 0 amide bonds. The summed E-state index contributed by atoms with van der Waals surface area (Å²) in [5, 5.41) is 9.28.